The zero-order valence-electron chi connectivity index (χ0n) is 9.85. The number of rotatable bonds is 5. The van der Waals surface area contributed by atoms with Crippen LogP contribution in [0.2, 0.25) is 0 Å². The van der Waals surface area contributed by atoms with Gasteiger partial charge in [0, 0.05) is 12.7 Å². The molecule has 3 nitrogen and oxygen atoms in total. The Hall–Kier alpha value is -1.62. The molecule has 0 saturated carbocycles. The second kappa shape index (κ2) is 6.96. The standard InChI is InChI=1S/C13H13FO3S/c1-9(15)18-7-3-2-4-10-5-6-12(14)11(8-10)13(16)17/h2,4-6,8H,3,7H2,1H3,(H,16,17). The molecule has 0 bridgehead atoms. The third kappa shape index (κ3) is 4.71. The summed E-state index contributed by atoms with van der Waals surface area (Å²) in [6.45, 7) is 1.51. The van der Waals surface area contributed by atoms with Gasteiger partial charge in [0.1, 0.15) is 5.82 Å². The number of carboxylic acid groups (broad SMARTS) is 1. The predicted molar refractivity (Wildman–Crippen MR) is 70.1 cm³/mol. The summed E-state index contributed by atoms with van der Waals surface area (Å²) in [5, 5.41) is 8.82. The Kier molecular flexibility index (Phi) is 5.58. The van der Waals surface area contributed by atoms with Crippen molar-refractivity contribution in [2.45, 2.75) is 13.3 Å². The van der Waals surface area contributed by atoms with E-state index in [1.54, 1.807) is 6.08 Å². The summed E-state index contributed by atoms with van der Waals surface area (Å²) in [5.41, 5.74) is 0.289. The van der Waals surface area contributed by atoms with Crippen molar-refractivity contribution in [3.05, 3.63) is 41.2 Å². The van der Waals surface area contributed by atoms with E-state index in [0.717, 1.165) is 6.07 Å². The molecule has 1 aromatic carbocycles. The lowest BCUT2D eigenvalue weighted by Crippen LogP contribution is -2.00. The van der Waals surface area contributed by atoms with E-state index in [9.17, 15) is 14.0 Å². The maximum atomic E-state index is 13.1. The lowest BCUT2D eigenvalue weighted by atomic mass is 10.1. The van der Waals surface area contributed by atoms with E-state index in [2.05, 4.69) is 0 Å². The van der Waals surface area contributed by atoms with Crippen LogP contribution in [0.4, 0.5) is 4.39 Å². The Bertz CT molecular complexity index is 483. The summed E-state index contributed by atoms with van der Waals surface area (Å²) in [7, 11) is 0. The van der Waals surface area contributed by atoms with Gasteiger partial charge in [-0.15, -0.1) is 0 Å². The van der Waals surface area contributed by atoms with Gasteiger partial charge in [0.05, 0.1) is 5.56 Å². The Morgan fingerprint density at radius 2 is 2.17 bits per heavy atom. The maximum absolute atomic E-state index is 13.1. The molecular formula is C13H13FO3S. The van der Waals surface area contributed by atoms with Crippen LogP contribution in [-0.2, 0) is 4.79 Å². The summed E-state index contributed by atoms with van der Waals surface area (Å²) < 4.78 is 13.1. The van der Waals surface area contributed by atoms with Crippen molar-refractivity contribution in [2.24, 2.45) is 0 Å². The summed E-state index contributed by atoms with van der Waals surface area (Å²) in [4.78, 5) is 21.4. The van der Waals surface area contributed by atoms with Gasteiger partial charge in [-0.3, -0.25) is 4.79 Å². The average Bonchev–Trinajstić information content (AvgIpc) is 2.30. The van der Waals surface area contributed by atoms with Crippen LogP contribution in [0.1, 0.15) is 29.3 Å². The van der Waals surface area contributed by atoms with Crippen LogP contribution in [0, 0.1) is 5.82 Å². The van der Waals surface area contributed by atoms with Crippen molar-refractivity contribution in [1.29, 1.82) is 0 Å². The van der Waals surface area contributed by atoms with Gasteiger partial charge in [-0.1, -0.05) is 30.0 Å². The Labute approximate surface area is 109 Å². The lowest BCUT2D eigenvalue weighted by Gasteiger charge is -1.99. The molecule has 0 aliphatic rings. The number of carbonyl (C=O) groups is 2. The molecular weight excluding hydrogens is 255 g/mol. The summed E-state index contributed by atoms with van der Waals surface area (Å²) >= 11 is 1.23. The smallest absolute Gasteiger partial charge is 0.338 e. The van der Waals surface area contributed by atoms with Gasteiger partial charge in [-0.05, 0) is 24.1 Å². The first-order chi connectivity index (χ1) is 8.50. The molecule has 0 aromatic heterocycles. The van der Waals surface area contributed by atoms with Gasteiger partial charge in [0.25, 0.3) is 0 Å². The molecule has 0 aliphatic heterocycles. The van der Waals surface area contributed by atoms with Gasteiger partial charge < -0.3 is 5.11 Å². The molecule has 96 valence electrons. The molecule has 0 saturated heterocycles. The molecule has 0 atom stereocenters. The number of benzene rings is 1. The minimum atomic E-state index is -1.28. The van der Waals surface area contributed by atoms with Gasteiger partial charge >= 0.3 is 5.97 Å². The first kappa shape index (κ1) is 14.4. The largest absolute Gasteiger partial charge is 0.478 e. The molecule has 1 rings (SSSR count). The predicted octanol–water partition coefficient (Wildman–Crippen LogP) is 3.21. The number of halogens is 1. The first-order valence-corrected chi connectivity index (χ1v) is 6.32. The third-order valence-corrected chi connectivity index (χ3v) is 2.97. The van der Waals surface area contributed by atoms with Crippen molar-refractivity contribution in [3.63, 3.8) is 0 Å². The Balaban J connectivity index is 2.62. The van der Waals surface area contributed by atoms with Crippen LogP contribution in [0.3, 0.4) is 0 Å². The molecule has 5 heteroatoms. The minimum absolute atomic E-state index is 0.0679. The Morgan fingerprint density at radius 1 is 1.44 bits per heavy atom. The highest BCUT2D eigenvalue weighted by atomic mass is 32.2. The Morgan fingerprint density at radius 3 is 2.78 bits per heavy atom. The molecule has 18 heavy (non-hydrogen) atoms. The van der Waals surface area contributed by atoms with Crippen LogP contribution < -0.4 is 0 Å². The molecule has 1 N–H and O–H groups in total. The number of allylic oxidation sites excluding steroid dienone is 1. The second-order valence-corrected chi connectivity index (χ2v) is 4.85. The number of hydrogen-bond acceptors (Lipinski definition) is 3. The fraction of sp³-hybridized carbons (Fsp3) is 0.231. The highest BCUT2D eigenvalue weighted by Gasteiger charge is 2.09. The van der Waals surface area contributed by atoms with E-state index >= 15 is 0 Å². The second-order valence-electron chi connectivity index (χ2n) is 3.58. The summed E-state index contributed by atoms with van der Waals surface area (Å²) in [6, 6.07) is 3.93. The SMILES string of the molecule is CC(=O)SCCC=Cc1ccc(F)c(C(=O)O)c1. The highest BCUT2D eigenvalue weighted by Crippen LogP contribution is 2.13. The number of thioether (sulfide) groups is 1. The van der Waals surface area contributed by atoms with E-state index < -0.39 is 11.8 Å². The van der Waals surface area contributed by atoms with Crippen LogP contribution in [0.15, 0.2) is 24.3 Å². The number of aromatic carboxylic acids is 1. The first-order valence-electron chi connectivity index (χ1n) is 5.33. The zero-order valence-corrected chi connectivity index (χ0v) is 10.7. The van der Waals surface area contributed by atoms with Crippen molar-refractivity contribution < 1.29 is 19.1 Å². The summed E-state index contributed by atoms with van der Waals surface area (Å²) in [6.07, 6.45) is 4.24. The minimum Gasteiger partial charge on any atom is -0.478 e. The van der Waals surface area contributed by atoms with E-state index in [1.807, 2.05) is 6.08 Å². The topological polar surface area (TPSA) is 54.4 Å². The van der Waals surface area contributed by atoms with Crippen LogP contribution in [-0.4, -0.2) is 21.9 Å². The van der Waals surface area contributed by atoms with E-state index in [1.165, 1.54) is 30.8 Å². The molecule has 0 heterocycles. The molecule has 0 amide bonds. The monoisotopic (exact) mass is 268 g/mol. The average molecular weight is 268 g/mol. The lowest BCUT2D eigenvalue weighted by molar-refractivity contribution is -0.109. The van der Waals surface area contributed by atoms with E-state index in [-0.39, 0.29) is 10.7 Å². The third-order valence-electron chi connectivity index (χ3n) is 2.12. The van der Waals surface area contributed by atoms with Crippen LogP contribution >= 0.6 is 11.8 Å². The number of carboxylic acids is 1. The number of carbonyl (C=O) groups excluding carboxylic acids is 1. The quantitative estimate of drug-likeness (QED) is 0.833. The van der Waals surface area contributed by atoms with Crippen LogP contribution in [0.25, 0.3) is 6.08 Å². The van der Waals surface area contributed by atoms with Gasteiger partial charge in [0.2, 0.25) is 0 Å². The molecule has 1 aromatic rings. The zero-order chi connectivity index (χ0) is 13.5. The van der Waals surface area contributed by atoms with Crippen molar-refractivity contribution in [2.75, 3.05) is 5.75 Å². The normalized spacial score (nSPS) is 10.8. The van der Waals surface area contributed by atoms with Crippen molar-refractivity contribution in [3.8, 4) is 0 Å². The van der Waals surface area contributed by atoms with Gasteiger partial charge in [-0.25, -0.2) is 9.18 Å². The van der Waals surface area contributed by atoms with E-state index in [4.69, 9.17) is 5.11 Å². The maximum Gasteiger partial charge on any atom is 0.338 e. The summed E-state index contributed by atoms with van der Waals surface area (Å²) in [5.74, 6) is -1.35. The van der Waals surface area contributed by atoms with Crippen molar-refractivity contribution in [1.82, 2.24) is 0 Å². The molecule has 0 aliphatic carbocycles. The molecule has 0 radical (unpaired) electrons. The van der Waals surface area contributed by atoms with E-state index in [0.29, 0.717) is 17.7 Å². The molecule has 0 spiro atoms. The molecule has 0 unspecified atom stereocenters. The fourth-order valence-electron chi connectivity index (χ4n) is 1.30. The fourth-order valence-corrected chi connectivity index (χ4v) is 1.84. The highest BCUT2D eigenvalue weighted by molar-refractivity contribution is 8.13. The van der Waals surface area contributed by atoms with Gasteiger partial charge in [0.15, 0.2) is 5.12 Å². The number of hydrogen-bond donors (Lipinski definition) is 1. The molecule has 0 fully saturated rings. The van der Waals surface area contributed by atoms with Gasteiger partial charge in [-0.2, -0.15) is 0 Å². The van der Waals surface area contributed by atoms with Crippen LogP contribution in [0.5, 0.6) is 0 Å². The van der Waals surface area contributed by atoms with Crippen molar-refractivity contribution >= 4 is 28.9 Å².